The number of aliphatic imine (C=N–C) groups is 1. The van der Waals surface area contributed by atoms with Gasteiger partial charge < -0.3 is 4.57 Å². The number of fused-ring (bicyclic) bond motifs is 11. The predicted molar refractivity (Wildman–Crippen MR) is 299 cm³/mol. The van der Waals surface area contributed by atoms with Gasteiger partial charge in [-0.05, 0) is 72.9 Å². The van der Waals surface area contributed by atoms with E-state index in [0.29, 0.717) is 5.95 Å². The van der Waals surface area contributed by atoms with E-state index in [0.717, 1.165) is 89.0 Å². The highest BCUT2D eigenvalue weighted by molar-refractivity contribution is 6.26. The summed E-state index contributed by atoms with van der Waals surface area (Å²) in [6, 6.07) is 85.2. The van der Waals surface area contributed by atoms with Crippen LogP contribution >= 0.6 is 0 Å². The maximum Gasteiger partial charge on any atom is 0.235 e. The lowest BCUT2D eigenvalue weighted by Crippen LogP contribution is -2.36. The fourth-order valence-corrected chi connectivity index (χ4v) is 11.9. The summed E-state index contributed by atoms with van der Waals surface area (Å²) in [6.07, 6.45) is 0.288. The quantitative estimate of drug-likeness (QED) is 0.181. The van der Waals surface area contributed by atoms with Gasteiger partial charge in [0.15, 0.2) is 6.29 Å². The summed E-state index contributed by atoms with van der Waals surface area (Å²) >= 11 is 0. The Labute approximate surface area is 414 Å². The third-order valence-electron chi connectivity index (χ3n) is 15.1. The second-order valence-corrected chi connectivity index (χ2v) is 19.1. The van der Waals surface area contributed by atoms with Crippen molar-refractivity contribution in [3.63, 3.8) is 0 Å². The summed E-state index contributed by atoms with van der Waals surface area (Å²) in [6.45, 7) is 0. The van der Waals surface area contributed by atoms with Gasteiger partial charge in [-0.25, -0.2) is 15.0 Å². The smallest absolute Gasteiger partial charge is 0.235 e. The molecule has 2 unspecified atom stereocenters. The second kappa shape index (κ2) is 16.2. The van der Waals surface area contributed by atoms with Crippen LogP contribution in [0.5, 0.6) is 0 Å². The number of para-hydroxylation sites is 2. The number of hydrogen-bond donors (Lipinski definition) is 1. The number of nitrogens with zero attached hydrogens (tertiary/aromatic N) is 5. The van der Waals surface area contributed by atoms with Crippen molar-refractivity contribution >= 4 is 92.4 Å². The Kier molecular flexibility index (Phi) is 9.13. The van der Waals surface area contributed by atoms with Gasteiger partial charge in [0.25, 0.3) is 0 Å². The van der Waals surface area contributed by atoms with Crippen LogP contribution in [-0.4, -0.2) is 24.8 Å². The zero-order valence-corrected chi connectivity index (χ0v) is 39.1. The Morgan fingerprint density at radius 1 is 0.389 bits per heavy atom. The molecule has 6 nitrogen and oxygen atoms in total. The standard InChI is InChI=1S/C66H44N6/c1-5-25-45-41(17-1)21-13-31-49(45)56-39-57(50-32-14-22-42-18-2-6-26-46(42)50)68-65(67-56)71-61-36-12-10-30-55(61)63-62(71)38-37-54-53-29-9-11-35-60(53)72(64(54)63)66-69-58(51-33-15-23-43-19-3-7-27-47(43)51)40-59(70-66)52-34-16-24-44-20-4-8-28-48(44)52/h1-38,40,56,65,67H,39H2. The molecule has 0 aliphatic carbocycles. The molecule has 1 aliphatic rings. The van der Waals surface area contributed by atoms with Crippen LogP contribution in [0.2, 0.25) is 0 Å². The Morgan fingerprint density at radius 2 is 0.875 bits per heavy atom. The van der Waals surface area contributed by atoms with E-state index in [4.69, 9.17) is 15.0 Å². The van der Waals surface area contributed by atoms with Gasteiger partial charge in [0.2, 0.25) is 5.95 Å². The van der Waals surface area contributed by atoms with Crippen LogP contribution in [0.25, 0.3) is 115 Å². The highest BCUT2D eigenvalue weighted by Gasteiger charge is 2.31. The molecule has 6 heteroatoms. The Bertz CT molecular complexity index is 4440. The van der Waals surface area contributed by atoms with E-state index in [1.54, 1.807) is 0 Å². The zero-order valence-electron chi connectivity index (χ0n) is 39.1. The van der Waals surface area contributed by atoms with Crippen LogP contribution in [0.1, 0.15) is 29.9 Å². The first kappa shape index (κ1) is 40.6. The molecular formula is C66H44N6. The normalized spacial score (nSPS) is 15.2. The van der Waals surface area contributed by atoms with Crippen molar-refractivity contribution < 1.29 is 0 Å². The van der Waals surface area contributed by atoms with E-state index >= 15 is 0 Å². The van der Waals surface area contributed by atoms with E-state index in [2.05, 4.69) is 251 Å². The molecule has 2 atom stereocenters. The van der Waals surface area contributed by atoms with Gasteiger partial charge in [-0.1, -0.05) is 212 Å². The third kappa shape index (κ3) is 6.29. The Morgan fingerprint density at radius 3 is 1.51 bits per heavy atom. The molecule has 0 spiro atoms. The number of benzene rings is 11. The number of aromatic nitrogens is 4. The van der Waals surface area contributed by atoms with E-state index in [1.807, 2.05) is 0 Å². The lowest BCUT2D eigenvalue weighted by Gasteiger charge is -2.32. The van der Waals surface area contributed by atoms with Crippen molar-refractivity contribution in [1.29, 1.82) is 0 Å². The van der Waals surface area contributed by atoms with Gasteiger partial charge >= 0.3 is 0 Å². The molecule has 3 aromatic heterocycles. The largest absolute Gasteiger partial charge is 0.305 e. The van der Waals surface area contributed by atoms with E-state index < -0.39 is 6.29 Å². The topological polar surface area (TPSA) is 60.0 Å². The highest BCUT2D eigenvalue weighted by Crippen LogP contribution is 2.44. The monoisotopic (exact) mass is 920 g/mol. The first-order chi connectivity index (χ1) is 35.7. The molecule has 0 bridgehead atoms. The molecule has 11 aromatic carbocycles. The summed E-state index contributed by atoms with van der Waals surface area (Å²) < 4.78 is 4.76. The molecule has 0 radical (unpaired) electrons. The summed E-state index contributed by atoms with van der Waals surface area (Å²) in [5.41, 5.74) is 11.6. The van der Waals surface area contributed by atoms with Crippen molar-refractivity contribution in [2.45, 2.75) is 18.8 Å². The molecule has 1 aliphatic heterocycles. The molecule has 0 fully saturated rings. The fraction of sp³-hybridized carbons (Fsp3) is 0.0455. The maximum atomic E-state index is 5.78. The molecule has 0 saturated heterocycles. The van der Waals surface area contributed by atoms with Crippen LogP contribution in [0.3, 0.4) is 0 Å². The lowest BCUT2D eigenvalue weighted by molar-refractivity contribution is 0.365. The minimum absolute atomic E-state index is 0.0309. The molecule has 72 heavy (non-hydrogen) atoms. The van der Waals surface area contributed by atoms with Crippen molar-refractivity contribution in [3.05, 3.63) is 248 Å². The van der Waals surface area contributed by atoms with Gasteiger partial charge in [-0.15, -0.1) is 0 Å². The number of nitrogens with one attached hydrogen (secondary N) is 1. The Balaban J connectivity index is 1.02. The van der Waals surface area contributed by atoms with Crippen LogP contribution < -0.4 is 5.32 Å². The average molecular weight is 921 g/mol. The third-order valence-corrected chi connectivity index (χ3v) is 15.1. The fourth-order valence-electron chi connectivity index (χ4n) is 11.9. The van der Waals surface area contributed by atoms with Crippen LogP contribution in [0.4, 0.5) is 0 Å². The van der Waals surface area contributed by atoms with Crippen LogP contribution in [-0.2, 0) is 0 Å². The van der Waals surface area contributed by atoms with E-state index in [-0.39, 0.29) is 6.04 Å². The van der Waals surface area contributed by atoms with Gasteiger partial charge in [0.1, 0.15) is 0 Å². The molecule has 338 valence electrons. The molecule has 0 saturated carbocycles. The lowest BCUT2D eigenvalue weighted by atomic mass is 9.90. The van der Waals surface area contributed by atoms with Gasteiger partial charge in [-0.2, -0.15) is 0 Å². The zero-order chi connectivity index (χ0) is 47.3. The van der Waals surface area contributed by atoms with Gasteiger partial charge in [0.05, 0.1) is 33.5 Å². The summed E-state index contributed by atoms with van der Waals surface area (Å²) in [5.74, 6) is 0.613. The Hall–Kier alpha value is -9.23. The minimum Gasteiger partial charge on any atom is -0.305 e. The SMILES string of the molecule is c1ccc2c(C3=NC(n4c5ccccc5c5c6c(ccc54)c4ccccc4n6-c4nc(-c5cccc6ccccc56)cc(-c5cccc6ccccc56)n4)NC(c4cccc5ccccc45)C3)cccc2c1. The molecule has 15 rings (SSSR count). The second-order valence-electron chi connectivity index (χ2n) is 19.1. The predicted octanol–water partition coefficient (Wildman–Crippen LogP) is 16.3. The van der Waals surface area contributed by atoms with Crippen molar-refractivity contribution in [3.8, 4) is 28.5 Å². The maximum absolute atomic E-state index is 5.78. The van der Waals surface area contributed by atoms with Gasteiger partial charge in [0, 0.05) is 56.4 Å². The first-order valence-corrected chi connectivity index (χ1v) is 24.8. The highest BCUT2D eigenvalue weighted by atomic mass is 15.3. The molecule has 1 N–H and O–H groups in total. The van der Waals surface area contributed by atoms with Crippen molar-refractivity contribution in [1.82, 2.24) is 24.4 Å². The molecule has 4 heterocycles. The summed E-state index contributed by atoms with van der Waals surface area (Å²) in [5, 5.41) is 18.2. The summed E-state index contributed by atoms with van der Waals surface area (Å²) in [4.78, 5) is 17.0. The van der Waals surface area contributed by atoms with Crippen LogP contribution in [0, 0.1) is 0 Å². The van der Waals surface area contributed by atoms with E-state index in [9.17, 15) is 0 Å². The first-order valence-electron chi connectivity index (χ1n) is 24.8. The molecule has 0 amide bonds. The molecule has 14 aromatic rings. The summed E-state index contributed by atoms with van der Waals surface area (Å²) in [7, 11) is 0. The number of hydrogen-bond acceptors (Lipinski definition) is 4. The minimum atomic E-state index is -0.446. The average Bonchev–Trinajstić information content (AvgIpc) is 3.97. The number of rotatable bonds is 6. The molecular weight excluding hydrogens is 877 g/mol. The van der Waals surface area contributed by atoms with Crippen LogP contribution in [0.15, 0.2) is 242 Å². The van der Waals surface area contributed by atoms with Gasteiger partial charge in [-0.3, -0.25) is 9.88 Å². The van der Waals surface area contributed by atoms with E-state index in [1.165, 1.54) is 43.4 Å². The van der Waals surface area contributed by atoms with Crippen molar-refractivity contribution in [2.75, 3.05) is 0 Å². The van der Waals surface area contributed by atoms with Crippen molar-refractivity contribution in [2.24, 2.45) is 4.99 Å².